The first kappa shape index (κ1) is 24.1. The molecule has 1 N–H and O–H groups in total. The quantitative estimate of drug-likeness (QED) is 0.703. The number of amides is 1. The summed E-state index contributed by atoms with van der Waals surface area (Å²) >= 11 is 0. The van der Waals surface area contributed by atoms with Crippen molar-refractivity contribution >= 4 is 16.1 Å². The number of aromatic nitrogens is 1. The molecule has 1 fully saturated rings. The second-order valence-electron chi connectivity index (χ2n) is 8.17. The first-order valence-electron chi connectivity index (χ1n) is 10.4. The molecule has 0 saturated carbocycles. The Morgan fingerprint density at radius 2 is 2.03 bits per heavy atom. The molecule has 174 valence electrons. The number of nitrogens with one attached hydrogen (secondary N) is 1. The van der Waals surface area contributed by atoms with Crippen LogP contribution in [0.4, 0.5) is 13.6 Å². The number of sulfonamides is 1. The highest BCUT2D eigenvalue weighted by molar-refractivity contribution is 7.88. The van der Waals surface area contributed by atoms with Crippen LogP contribution in [0.2, 0.25) is 0 Å². The summed E-state index contributed by atoms with van der Waals surface area (Å²) < 4.78 is 59.7. The van der Waals surface area contributed by atoms with Crippen LogP contribution >= 0.6 is 0 Å². The molecule has 32 heavy (non-hydrogen) atoms. The summed E-state index contributed by atoms with van der Waals surface area (Å²) in [6.07, 6.45) is 1.58. The molecule has 1 saturated heterocycles. The number of nitrogens with zero attached hydrogens (tertiary/aromatic N) is 2. The molecule has 2 atom stereocenters. The van der Waals surface area contributed by atoms with Crippen LogP contribution in [0, 0.1) is 11.6 Å². The van der Waals surface area contributed by atoms with Gasteiger partial charge in [-0.05, 0) is 57.0 Å². The Labute approximate surface area is 186 Å². The van der Waals surface area contributed by atoms with Gasteiger partial charge in [0.05, 0.1) is 24.1 Å². The number of hydrogen-bond donors (Lipinski definition) is 1. The van der Waals surface area contributed by atoms with E-state index in [-0.39, 0.29) is 23.8 Å². The lowest BCUT2D eigenvalue weighted by atomic mass is 9.93. The number of pyridine rings is 1. The van der Waals surface area contributed by atoms with E-state index in [2.05, 4.69) is 9.71 Å². The average Bonchev–Trinajstić information content (AvgIpc) is 2.69. The van der Waals surface area contributed by atoms with Crippen molar-refractivity contribution in [2.45, 2.75) is 51.3 Å². The summed E-state index contributed by atoms with van der Waals surface area (Å²) in [7, 11) is -3.52. The minimum absolute atomic E-state index is 0.0254. The van der Waals surface area contributed by atoms with Gasteiger partial charge in [0.1, 0.15) is 11.6 Å². The molecule has 7 nitrogen and oxygen atoms in total. The van der Waals surface area contributed by atoms with Crippen molar-refractivity contribution < 1.29 is 26.7 Å². The number of ether oxygens (including phenoxy) is 1. The Kier molecular flexibility index (Phi) is 7.45. The molecule has 0 aliphatic carbocycles. The van der Waals surface area contributed by atoms with Gasteiger partial charge < -0.3 is 9.64 Å². The van der Waals surface area contributed by atoms with Crippen LogP contribution in [0.5, 0.6) is 0 Å². The zero-order chi connectivity index (χ0) is 23.5. The van der Waals surface area contributed by atoms with Gasteiger partial charge in [0.25, 0.3) is 0 Å². The van der Waals surface area contributed by atoms with E-state index in [1.165, 1.54) is 4.90 Å². The third-order valence-corrected chi connectivity index (χ3v) is 5.88. The average molecular weight is 468 g/mol. The van der Waals surface area contributed by atoms with Crippen molar-refractivity contribution in [1.82, 2.24) is 14.6 Å². The van der Waals surface area contributed by atoms with Crippen molar-refractivity contribution in [3.63, 3.8) is 0 Å². The van der Waals surface area contributed by atoms with Crippen LogP contribution in [-0.4, -0.2) is 55.4 Å². The van der Waals surface area contributed by atoms with E-state index in [9.17, 15) is 22.0 Å². The number of carbonyl (C=O) groups excluding carboxylic acids is 1. The van der Waals surface area contributed by atoms with Gasteiger partial charge in [-0.2, -0.15) is 0 Å². The topological polar surface area (TPSA) is 88.6 Å². The molecule has 1 aromatic carbocycles. The highest BCUT2D eigenvalue weighted by atomic mass is 32.2. The third kappa shape index (κ3) is 6.23. The van der Waals surface area contributed by atoms with Crippen molar-refractivity contribution in [2.24, 2.45) is 0 Å². The largest absolute Gasteiger partial charge is 0.447 e. The Bertz CT molecular complexity index is 1080. The Balaban J connectivity index is 1.93. The molecule has 1 aliphatic heterocycles. The van der Waals surface area contributed by atoms with Crippen molar-refractivity contribution in [1.29, 1.82) is 0 Å². The number of rotatable bonds is 6. The molecule has 0 bridgehead atoms. The summed E-state index contributed by atoms with van der Waals surface area (Å²) in [4.78, 5) is 18.7. The Morgan fingerprint density at radius 1 is 1.28 bits per heavy atom. The van der Waals surface area contributed by atoms with E-state index in [0.29, 0.717) is 25.1 Å². The zero-order valence-corrected chi connectivity index (χ0v) is 19.0. The molecule has 1 aliphatic rings. The molecule has 2 aromatic rings. The third-order valence-electron chi connectivity index (χ3n) is 5.14. The van der Waals surface area contributed by atoms with Gasteiger partial charge in [-0.25, -0.2) is 26.7 Å². The molecule has 1 amide bonds. The maximum absolute atomic E-state index is 14.2. The van der Waals surface area contributed by atoms with E-state index in [4.69, 9.17) is 4.74 Å². The molecule has 10 heteroatoms. The predicted molar refractivity (Wildman–Crippen MR) is 116 cm³/mol. The Hall–Kier alpha value is -2.59. The molecule has 3 rings (SSSR count). The fourth-order valence-corrected chi connectivity index (χ4v) is 4.69. The molecule has 1 aromatic heterocycles. The van der Waals surface area contributed by atoms with Gasteiger partial charge in [-0.3, -0.25) is 4.98 Å². The first-order chi connectivity index (χ1) is 15.0. The predicted octanol–water partition coefficient (Wildman–Crippen LogP) is 3.50. The van der Waals surface area contributed by atoms with Gasteiger partial charge in [0, 0.05) is 30.3 Å². The highest BCUT2D eigenvalue weighted by Crippen LogP contribution is 2.26. The Morgan fingerprint density at radius 3 is 2.72 bits per heavy atom. The van der Waals surface area contributed by atoms with Crippen LogP contribution < -0.4 is 4.72 Å². The molecule has 0 radical (unpaired) electrons. The van der Waals surface area contributed by atoms with Crippen LogP contribution in [0.15, 0.2) is 36.4 Å². The standard InChI is InChI=1S/C22H27F2N3O4S/c1-14(2)31-22(28)27-11-5-8-20(26-32(3,29)30)21(27)13-16-6-4-7-19(25-16)17-12-15(23)9-10-18(17)24/h4,6-7,9-10,12,14,20-21,26H,5,8,11,13H2,1-3H3/t20-,21-/m1/s1. The zero-order valence-electron chi connectivity index (χ0n) is 18.2. The van der Waals surface area contributed by atoms with Crippen molar-refractivity contribution in [2.75, 3.05) is 12.8 Å². The minimum atomic E-state index is -3.52. The second-order valence-corrected chi connectivity index (χ2v) is 9.95. The van der Waals surface area contributed by atoms with E-state index < -0.39 is 39.8 Å². The van der Waals surface area contributed by atoms with Gasteiger partial charge in [-0.1, -0.05) is 6.07 Å². The lowest BCUT2D eigenvalue weighted by Crippen LogP contribution is -2.58. The summed E-state index contributed by atoms with van der Waals surface area (Å²) in [6, 6.07) is 7.00. The molecule has 2 heterocycles. The van der Waals surface area contributed by atoms with Crippen LogP contribution in [0.25, 0.3) is 11.3 Å². The minimum Gasteiger partial charge on any atom is -0.447 e. The maximum Gasteiger partial charge on any atom is 0.410 e. The van der Waals surface area contributed by atoms with Gasteiger partial charge >= 0.3 is 6.09 Å². The van der Waals surface area contributed by atoms with Crippen molar-refractivity contribution in [3.05, 3.63) is 53.7 Å². The molecule has 0 spiro atoms. The number of hydrogen-bond acceptors (Lipinski definition) is 5. The van der Waals surface area contributed by atoms with Gasteiger partial charge in [0.2, 0.25) is 10.0 Å². The number of piperidine rings is 1. The number of halogens is 2. The molecule has 0 unspecified atom stereocenters. The van der Waals surface area contributed by atoms with Crippen molar-refractivity contribution in [3.8, 4) is 11.3 Å². The summed E-state index contributed by atoms with van der Waals surface area (Å²) in [5, 5.41) is 0. The van der Waals surface area contributed by atoms with E-state index in [1.54, 1.807) is 32.0 Å². The number of carbonyl (C=O) groups is 1. The van der Waals surface area contributed by atoms with Crippen LogP contribution in [0.1, 0.15) is 32.4 Å². The van der Waals surface area contributed by atoms with E-state index >= 15 is 0 Å². The summed E-state index contributed by atoms with van der Waals surface area (Å²) in [5.74, 6) is -1.19. The smallest absolute Gasteiger partial charge is 0.410 e. The van der Waals surface area contributed by atoms with Crippen LogP contribution in [-0.2, 0) is 21.2 Å². The van der Waals surface area contributed by atoms with E-state index in [1.807, 2.05) is 0 Å². The molecular weight excluding hydrogens is 440 g/mol. The van der Waals surface area contributed by atoms with Gasteiger partial charge in [0.15, 0.2) is 0 Å². The fraction of sp³-hybridized carbons (Fsp3) is 0.455. The van der Waals surface area contributed by atoms with Gasteiger partial charge in [-0.15, -0.1) is 0 Å². The maximum atomic E-state index is 14.2. The lowest BCUT2D eigenvalue weighted by molar-refractivity contribution is 0.0459. The monoisotopic (exact) mass is 467 g/mol. The second kappa shape index (κ2) is 9.91. The number of likely N-dealkylation sites (tertiary alicyclic amines) is 1. The first-order valence-corrected chi connectivity index (χ1v) is 12.3. The summed E-state index contributed by atoms with van der Waals surface area (Å²) in [6.45, 7) is 3.89. The highest BCUT2D eigenvalue weighted by Gasteiger charge is 2.37. The molecular formula is C22H27F2N3O4S. The van der Waals surface area contributed by atoms with Crippen LogP contribution in [0.3, 0.4) is 0 Å². The fourth-order valence-electron chi connectivity index (χ4n) is 3.87. The van der Waals surface area contributed by atoms with E-state index in [0.717, 1.165) is 24.5 Å². The SMILES string of the molecule is CC(C)OC(=O)N1CCC[C@@H](NS(C)(=O)=O)[C@H]1Cc1cccc(-c2cc(F)ccc2F)n1. The lowest BCUT2D eigenvalue weighted by Gasteiger charge is -2.40. The number of benzene rings is 1. The normalized spacial score (nSPS) is 19.2. The summed E-state index contributed by atoms with van der Waals surface area (Å²) in [5.41, 5.74) is 0.789.